The molecule has 0 aliphatic carbocycles. The Morgan fingerprint density at radius 2 is 2.06 bits per heavy atom. The number of hydrogen-bond acceptors (Lipinski definition) is 4. The summed E-state index contributed by atoms with van der Waals surface area (Å²) in [5.41, 5.74) is 1.05. The number of hydrogen-bond donors (Lipinski definition) is 1. The van der Waals surface area contributed by atoms with Crippen molar-refractivity contribution >= 4 is 21.9 Å². The van der Waals surface area contributed by atoms with E-state index < -0.39 is 0 Å². The summed E-state index contributed by atoms with van der Waals surface area (Å²) < 4.78 is 7.27. The number of rotatable bonds is 4. The number of ether oxygens (including phenoxy) is 1. The first-order valence-electron chi connectivity index (χ1n) is 5.34. The minimum absolute atomic E-state index is 0.149. The predicted molar refractivity (Wildman–Crippen MR) is 69.7 cm³/mol. The van der Waals surface area contributed by atoms with E-state index in [1.54, 1.807) is 11.8 Å². The summed E-state index contributed by atoms with van der Waals surface area (Å²) in [5.74, 6) is 1.02. The van der Waals surface area contributed by atoms with Gasteiger partial charge < -0.3 is 15.0 Å². The molecule has 1 heterocycles. The van der Waals surface area contributed by atoms with E-state index in [9.17, 15) is 5.21 Å². The van der Waals surface area contributed by atoms with E-state index in [1.807, 2.05) is 24.3 Å². The van der Waals surface area contributed by atoms with Crippen molar-refractivity contribution in [3.8, 4) is 5.75 Å². The van der Waals surface area contributed by atoms with Crippen molar-refractivity contribution in [1.82, 2.24) is 14.8 Å². The number of hydroxylamine groups is 1. The maximum absolute atomic E-state index is 11.2. The van der Waals surface area contributed by atoms with Gasteiger partial charge in [0.05, 0.1) is 20.7 Å². The molecule has 6 nitrogen and oxygen atoms in total. The van der Waals surface area contributed by atoms with E-state index in [2.05, 4.69) is 26.0 Å². The van der Waals surface area contributed by atoms with Crippen molar-refractivity contribution < 1.29 is 9.80 Å². The van der Waals surface area contributed by atoms with Gasteiger partial charge in [0, 0.05) is 0 Å². The van der Waals surface area contributed by atoms with Crippen LogP contribution in [-0.2, 0) is 6.54 Å². The number of methoxy groups -OCH3 is 1. The van der Waals surface area contributed by atoms with E-state index >= 15 is 0 Å². The Bertz CT molecular complexity index is 524. The Morgan fingerprint density at radius 3 is 2.56 bits per heavy atom. The predicted octanol–water partition coefficient (Wildman–Crippen LogP) is 0.742. The smallest absolute Gasteiger partial charge is 0.346 e. The lowest BCUT2D eigenvalue weighted by atomic mass is 10.2. The van der Waals surface area contributed by atoms with Gasteiger partial charge in [-0.15, -0.1) is 4.98 Å². The molecule has 0 aliphatic heterocycles. The molecule has 1 aromatic carbocycles. The van der Waals surface area contributed by atoms with Gasteiger partial charge in [-0.1, -0.05) is 17.2 Å². The maximum atomic E-state index is 11.2. The van der Waals surface area contributed by atoms with Crippen molar-refractivity contribution in [1.29, 1.82) is 0 Å². The quantitative estimate of drug-likeness (QED) is 0.846. The van der Waals surface area contributed by atoms with Gasteiger partial charge in [-0.2, -0.15) is 0 Å². The number of benzene rings is 1. The van der Waals surface area contributed by atoms with Crippen LogP contribution >= 0.6 is 15.9 Å². The van der Waals surface area contributed by atoms with Crippen LogP contribution in [0.2, 0.25) is 0 Å². The third-order valence-corrected chi connectivity index (χ3v) is 3.02. The van der Waals surface area contributed by atoms with E-state index in [1.165, 1.54) is 7.05 Å². The molecular weight excluding hydrogens is 300 g/mol. The highest BCUT2D eigenvalue weighted by Gasteiger charge is 2.11. The van der Waals surface area contributed by atoms with Gasteiger partial charge >= 0.3 is 5.95 Å². The summed E-state index contributed by atoms with van der Waals surface area (Å²) in [5, 5.41) is 15.1. The second-order valence-electron chi connectivity index (χ2n) is 3.77. The minimum Gasteiger partial charge on any atom is -0.627 e. The van der Waals surface area contributed by atoms with Gasteiger partial charge in [-0.25, -0.2) is 4.68 Å². The van der Waals surface area contributed by atoms with E-state index in [0.29, 0.717) is 11.3 Å². The fourth-order valence-corrected chi connectivity index (χ4v) is 1.85. The van der Waals surface area contributed by atoms with Crippen LogP contribution in [0.25, 0.3) is 0 Å². The van der Waals surface area contributed by atoms with Crippen LogP contribution in [0, 0.1) is 5.21 Å². The zero-order valence-corrected chi connectivity index (χ0v) is 11.6. The third-order valence-electron chi connectivity index (χ3n) is 2.43. The fraction of sp³-hybridized carbons (Fsp3) is 0.273. The number of quaternary nitrogens is 1. The average molecular weight is 313 g/mol. The second kappa shape index (κ2) is 5.47. The normalized spacial score (nSPS) is 12.4. The molecule has 0 aliphatic rings. The van der Waals surface area contributed by atoms with E-state index in [-0.39, 0.29) is 11.0 Å². The van der Waals surface area contributed by atoms with Crippen LogP contribution in [0.15, 0.2) is 29.0 Å². The first-order chi connectivity index (χ1) is 8.60. The van der Waals surface area contributed by atoms with Crippen LogP contribution in [-0.4, -0.2) is 28.9 Å². The second-order valence-corrected chi connectivity index (χ2v) is 4.48. The number of nitrogens with one attached hydrogen (secondary N) is 1. The molecule has 1 atom stereocenters. The van der Waals surface area contributed by atoms with Gasteiger partial charge in [0.25, 0.3) is 0 Å². The number of nitrogens with zero attached hydrogens (tertiary/aromatic N) is 3. The molecule has 0 saturated heterocycles. The molecule has 2 aromatic rings. The highest BCUT2D eigenvalue weighted by atomic mass is 79.9. The summed E-state index contributed by atoms with van der Waals surface area (Å²) >= 11 is 3.28. The van der Waals surface area contributed by atoms with Gasteiger partial charge in [0.15, 0.2) is 0 Å². The van der Waals surface area contributed by atoms with Gasteiger partial charge in [0.2, 0.25) is 4.73 Å². The van der Waals surface area contributed by atoms with Crippen molar-refractivity contribution in [2.75, 3.05) is 14.2 Å². The van der Waals surface area contributed by atoms with Gasteiger partial charge in [0.1, 0.15) is 5.75 Å². The minimum atomic E-state index is -0.149. The van der Waals surface area contributed by atoms with Crippen molar-refractivity contribution in [3.63, 3.8) is 0 Å². The average Bonchev–Trinajstić information content (AvgIpc) is 2.72. The Hall–Kier alpha value is -1.44. The first-order valence-corrected chi connectivity index (χ1v) is 6.13. The molecule has 1 N–H and O–H groups in total. The molecule has 1 aromatic heterocycles. The molecule has 0 radical (unpaired) electrons. The van der Waals surface area contributed by atoms with E-state index in [0.717, 1.165) is 11.3 Å². The lowest BCUT2D eigenvalue weighted by molar-refractivity contribution is -0.757. The zero-order valence-electron chi connectivity index (χ0n) is 10.1. The van der Waals surface area contributed by atoms with Gasteiger partial charge in [-0.3, -0.25) is 0 Å². The molecule has 1 unspecified atom stereocenters. The molecule has 96 valence electrons. The van der Waals surface area contributed by atoms with E-state index in [4.69, 9.17) is 4.74 Å². The number of aromatic nitrogens is 3. The maximum Gasteiger partial charge on any atom is 0.346 e. The molecule has 0 fully saturated rings. The molecule has 0 bridgehead atoms. The van der Waals surface area contributed by atoms with Crippen molar-refractivity contribution in [3.05, 3.63) is 39.8 Å². The van der Waals surface area contributed by atoms with Crippen LogP contribution < -0.4 is 9.80 Å². The monoisotopic (exact) mass is 312 g/mol. The zero-order chi connectivity index (χ0) is 13.1. The third kappa shape index (κ3) is 2.87. The molecule has 0 amide bonds. The van der Waals surface area contributed by atoms with Gasteiger partial charge in [-0.05, 0) is 33.6 Å². The first kappa shape index (κ1) is 13.0. The van der Waals surface area contributed by atoms with Crippen molar-refractivity contribution in [2.24, 2.45) is 0 Å². The Labute approximate surface area is 113 Å². The summed E-state index contributed by atoms with van der Waals surface area (Å²) in [6.45, 7) is 0.546. The van der Waals surface area contributed by atoms with Crippen LogP contribution in [0.4, 0.5) is 5.95 Å². The molecule has 0 saturated carbocycles. The summed E-state index contributed by atoms with van der Waals surface area (Å²) in [6.07, 6.45) is 0. The lowest BCUT2D eigenvalue weighted by Crippen LogP contribution is -2.98. The molecule has 18 heavy (non-hydrogen) atoms. The summed E-state index contributed by atoms with van der Waals surface area (Å²) in [7, 11) is 3.07. The summed E-state index contributed by atoms with van der Waals surface area (Å²) in [4.78, 5) is 4.03. The van der Waals surface area contributed by atoms with Crippen LogP contribution in [0.5, 0.6) is 5.75 Å². The standard InChI is InChI=1S/C11H13BrN4O2/c1-15(17)11-13-10(12)16(14-11)7-8-3-5-9(18-2)6-4-8/h3-6,15H,7H2,1-2H3. The lowest BCUT2D eigenvalue weighted by Gasteiger charge is -2.08. The SMILES string of the molecule is COc1ccc(Cn2nc([NH+](C)[O-])nc2Br)cc1. The molecule has 2 rings (SSSR count). The fourth-order valence-electron chi connectivity index (χ4n) is 1.48. The molecular formula is C11H13BrN4O2. The highest BCUT2D eigenvalue weighted by molar-refractivity contribution is 9.10. The topological polar surface area (TPSA) is 67.4 Å². The molecule has 0 spiro atoms. The highest BCUT2D eigenvalue weighted by Crippen LogP contribution is 2.14. The van der Waals surface area contributed by atoms with Crippen LogP contribution in [0.3, 0.4) is 0 Å². The molecule has 7 heteroatoms. The Kier molecular flexibility index (Phi) is 3.95. The Morgan fingerprint density at radius 1 is 1.39 bits per heavy atom. The largest absolute Gasteiger partial charge is 0.627 e. The summed E-state index contributed by atoms with van der Waals surface area (Å²) in [6, 6.07) is 7.65. The van der Waals surface area contributed by atoms with Crippen molar-refractivity contribution in [2.45, 2.75) is 6.54 Å². The Balaban J connectivity index is 2.17. The van der Waals surface area contributed by atoms with Crippen LogP contribution in [0.1, 0.15) is 5.56 Å². The number of halogens is 1.